The van der Waals surface area contributed by atoms with E-state index in [2.05, 4.69) is 9.71 Å². The van der Waals surface area contributed by atoms with Crippen molar-refractivity contribution in [3.8, 4) is 0 Å². The van der Waals surface area contributed by atoms with Crippen LogP contribution >= 0.6 is 11.6 Å². The first kappa shape index (κ1) is 15.9. The van der Waals surface area contributed by atoms with Crippen molar-refractivity contribution < 1.29 is 8.94 Å². The van der Waals surface area contributed by atoms with E-state index in [-0.39, 0.29) is 23.8 Å². The molecule has 2 heterocycles. The zero-order valence-electron chi connectivity index (χ0n) is 12.8. The van der Waals surface area contributed by atoms with E-state index >= 15 is 0 Å². The van der Waals surface area contributed by atoms with Crippen LogP contribution < -0.4 is 4.72 Å². The molecule has 124 valence electrons. The molecule has 1 N–H and O–H groups in total. The number of hydrogen-bond acceptors (Lipinski definition) is 4. The molecule has 3 aliphatic rings. The lowest BCUT2D eigenvalue weighted by atomic mass is 9.83. The van der Waals surface area contributed by atoms with Gasteiger partial charge in [0, 0.05) is 29.8 Å². The summed E-state index contributed by atoms with van der Waals surface area (Å²) >= 11 is 5.09. The summed E-state index contributed by atoms with van der Waals surface area (Å²) in [6, 6.07) is 5.75. The lowest BCUT2D eigenvalue weighted by molar-refractivity contribution is 0.386. The van der Waals surface area contributed by atoms with Gasteiger partial charge in [0.2, 0.25) is 0 Å². The van der Waals surface area contributed by atoms with Crippen molar-refractivity contribution >= 4 is 29.4 Å². The molecule has 2 aliphatic heterocycles. The van der Waals surface area contributed by atoms with E-state index in [1.54, 1.807) is 29.7 Å². The molecule has 1 aromatic rings. The standard InChI is InChI=1S/C17H15ClFN3OS/c1-22-17(10-4-6-11(19)7-5-10)13-9-14(18)12-3-2-8-20-15(12)16(13)21-24(22)23/h2-9,12,15,17,21H,1H3/t12?,15-,17?,24?/m0/s1. The molecule has 7 heteroatoms. The van der Waals surface area contributed by atoms with Crippen LogP contribution in [0.15, 0.2) is 63.8 Å². The van der Waals surface area contributed by atoms with Crippen molar-refractivity contribution in [2.24, 2.45) is 10.9 Å². The second-order valence-electron chi connectivity index (χ2n) is 5.90. The highest BCUT2D eigenvalue weighted by Crippen LogP contribution is 2.44. The summed E-state index contributed by atoms with van der Waals surface area (Å²) < 4.78 is 30.6. The van der Waals surface area contributed by atoms with E-state index in [9.17, 15) is 8.94 Å². The average Bonchev–Trinajstić information content (AvgIpc) is 2.59. The fourth-order valence-electron chi connectivity index (χ4n) is 3.34. The van der Waals surface area contributed by atoms with Crippen LogP contribution in [0.1, 0.15) is 11.6 Å². The Labute approximate surface area is 147 Å². The van der Waals surface area contributed by atoms with Crippen molar-refractivity contribution in [3.05, 3.63) is 70.2 Å². The van der Waals surface area contributed by atoms with Gasteiger partial charge in [-0.05, 0) is 29.8 Å². The fourth-order valence-corrected chi connectivity index (χ4v) is 4.64. The van der Waals surface area contributed by atoms with E-state index in [1.807, 2.05) is 18.2 Å². The highest BCUT2D eigenvalue weighted by molar-refractivity contribution is 7.87. The molecule has 0 saturated heterocycles. The second-order valence-corrected chi connectivity index (χ2v) is 7.62. The monoisotopic (exact) mass is 363 g/mol. The normalized spacial score (nSPS) is 32.1. The maximum absolute atomic E-state index is 13.3. The predicted octanol–water partition coefficient (Wildman–Crippen LogP) is 3.00. The number of likely N-dealkylation sites (N-methyl/N-ethyl adjacent to an activating group) is 1. The largest absolute Gasteiger partial charge is 0.573 e. The lowest BCUT2D eigenvalue weighted by Crippen LogP contribution is -2.50. The second kappa shape index (κ2) is 6.04. The number of nitrogens with one attached hydrogen (secondary N) is 1. The topological polar surface area (TPSA) is 50.7 Å². The molecule has 0 bridgehead atoms. The number of dihydropyridines is 1. The van der Waals surface area contributed by atoms with E-state index < -0.39 is 11.5 Å². The van der Waals surface area contributed by atoms with Crippen LogP contribution in [0, 0.1) is 11.7 Å². The summed E-state index contributed by atoms with van der Waals surface area (Å²) in [5.41, 5.74) is 2.59. The molecule has 0 fully saturated rings. The van der Waals surface area contributed by atoms with Gasteiger partial charge in [0.05, 0.1) is 5.70 Å². The molecule has 3 unspecified atom stereocenters. The summed E-state index contributed by atoms with van der Waals surface area (Å²) in [5.74, 6) is -0.345. The van der Waals surface area contributed by atoms with Crippen LogP contribution in [-0.2, 0) is 11.5 Å². The van der Waals surface area contributed by atoms with E-state index in [0.29, 0.717) is 5.03 Å². The molecule has 4 rings (SSSR count). The maximum atomic E-state index is 13.3. The zero-order chi connectivity index (χ0) is 16.8. The molecule has 0 spiro atoms. The SMILES string of the molecule is CN1C(c2ccc(F)cc2)C2=C(N[S+]1[O-])[C@H]1N=CC=CC1C(Cl)=C2. The number of nitrogens with zero attached hydrogens (tertiary/aromatic N) is 2. The maximum Gasteiger partial charge on any atom is 0.166 e. The van der Waals surface area contributed by atoms with Gasteiger partial charge in [-0.25, -0.2) is 4.39 Å². The Morgan fingerprint density at radius 2 is 2.08 bits per heavy atom. The number of benzene rings is 1. The lowest BCUT2D eigenvalue weighted by Gasteiger charge is -2.40. The summed E-state index contributed by atoms with van der Waals surface area (Å²) in [4.78, 5) is 4.52. The van der Waals surface area contributed by atoms with E-state index in [1.165, 1.54) is 12.1 Å². The van der Waals surface area contributed by atoms with Gasteiger partial charge in [-0.15, -0.1) is 0 Å². The van der Waals surface area contributed by atoms with Crippen molar-refractivity contribution in [2.45, 2.75) is 12.1 Å². The number of rotatable bonds is 1. The first-order valence-electron chi connectivity index (χ1n) is 7.54. The Morgan fingerprint density at radius 1 is 1.33 bits per heavy atom. The number of allylic oxidation sites excluding steroid dienone is 1. The Hall–Kier alpha value is -1.60. The molecule has 0 saturated carbocycles. The van der Waals surface area contributed by atoms with E-state index in [0.717, 1.165) is 16.8 Å². The van der Waals surface area contributed by atoms with Crippen LogP contribution in [0.3, 0.4) is 0 Å². The van der Waals surface area contributed by atoms with Gasteiger partial charge in [-0.3, -0.25) is 4.99 Å². The molecule has 0 aromatic heterocycles. The van der Waals surface area contributed by atoms with Gasteiger partial charge >= 0.3 is 0 Å². The van der Waals surface area contributed by atoms with Gasteiger partial charge in [0.25, 0.3) is 0 Å². The van der Waals surface area contributed by atoms with Crippen LogP contribution in [0.4, 0.5) is 4.39 Å². The molecule has 1 aromatic carbocycles. The predicted molar refractivity (Wildman–Crippen MR) is 94.1 cm³/mol. The molecule has 24 heavy (non-hydrogen) atoms. The molecular weight excluding hydrogens is 349 g/mol. The van der Waals surface area contributed by atoms with Crippen molar-refractivity contribution in [2.75, 3.05) is 7.05 Å². The van der Waals surface area contributed by atoms with Gasteiger partial charge < -0.3 is 4.55 Å². The summed E-state index contributed by atoms with van der Waals surface area (Å²) in [7, 11) is 1.76. The van der Waals surface area contributed by atoms with Crippen molar-refractivity contribution in [1.82, 2.24) is 9.03 Å². The summed E-state index contributed by atoms with van der Waals surface area (Å²) in [6.45, 7) is 0. The molecule has 4 nitrogen and oxygen atoms in total. The van der Waals surface area contributed by atoms with Gasteiger partial charge in [0.15, 0.2) is 11.5 Å². The Kier molecular flexibility index (Phi) is 4.00. The molecular formula is C17H15ClFN3OS. The van der Waals surface area contributed by atoms with Crippen LogP contribution in [-0.4, -0.2) is 28.2 Å². The minimum atomic E-state index is -1.40. The van der Waals surface area contributed by atoms with Crippen LogP contribution in [0.2, 0.25) is 0 Å². The van der Waals surface area contributed by atoms with Crippen LogP contribution in [0.5, 0.6) is 0 Å². The third-order valence-electron chi connectivity index (χ3n) is 4.51. The Balaban J connectivity index is 1.85. The van der Waals surface area contributed by atoms with Gasteiger partial charge in [-0.1, -0.05) is 34.1 Å². The average molecular weight is 364 g/mol. The number of fused-ring (bicyclic) bond motifs is 2. The number of hydrogen-bond donors (Lipinski definition) is 1. The van der Waals surface area contributed by atoms with Gasteiger partial charge in [-0.2, -0.15) is 4.72 Å². The highest BCUT2D eigenvalue weighted by Gasteiger charge is 2.44. The minimum Gasteiger partial charge on any atom is -0.573 e. The highest BCUT2D eigenvalue weighted by atomic mass is 35.5. The molecule has 1 aliphatic carbocycles. The third-order valence-corrected chi connectivity index (χ3v) is 6.00. The number of halogens is 2. The molecule has 0 radical (unpaired) electrons. The zero-order valence-corrected chi connectivity index (χ0v) is 14.4. The quantitative estimate of drug-likeness (QED) is 0.780. The smallest absolute Gasteiger partial charge is 0.166 e. The Morgan fingerprint density at radius 3 is 2.83 bits per heavy atom. The van der Waals surface area contributed by atoms with E-state index in [4.69, 9.17) is 11.6 Å². The first-order chi connectivity index (χ1) is 11.6. The summed E-state index contributed by atoms with van der Waals surface area (Å²) in [6.07, 6.45) is 7.51. The first-order valence-corrected chi connectivity index (χ1v) is 9.02. The molecule has 4 atom stereocenters. The fraction of sp³-hybridized carbons (Fsp3) is 0.235. The third kappa shape index (κ3) is 2.50. The molecule has 0 amide bonds. The van der Waals surface area contributed by atoms with Gasteiger partial charge in [0.1, 0.15) is 17.9 Å². The van der Waals surface area contributed by atoms with Crippen molar-refractivity contribution in [3.63, 3.8) is 0 Å². The minimum absolute atomic E-state index is 0.0443. The summed E-state index contributed by atoms with van der Waals surface area (Å²) in [5, 5.41) is 0.696. The number of aliphatic imine (C=N–C) groups is 1. The van der Waals surface area contributed by atoms with Crippen LogP contribution in [0.25, 0.3) is 0 Å². The Bertz CT molecular complexity index is 790. The van der Waals surface area contributed by atoms with Crippen molar-refractivity contribution in [1.29, 1.82) is 0 Å².